The molecule has 0 saturated carbocycles. The molecular formula is C16H18N2O2. The third-order valence-electron chi connectivity index (χ3n) is 4.77. The Morgan fingerprint density at radius 1 is 1.40 bits per heavy atom. The predicted molar refractivity (Wildman–Crippen MR) is 76.4 cm³/mol. The predicted octanol–water partition coefficient (Wildman–Crippen LogP) is 2.26. The fourth-order valence-electron chi connectivity index (χ4n) is 3.82. The number of methoxy groups -OCH3 is 1. The third-order valence-corrected chi connectivity index (χ3v) is 4.77. The van der Waals surface area contributed by atoms with Crippen LogP contribution in [0.3, 0.4) is 0 Å². The van der Waals surface area contributed by atoms with Crippen molar-refractivity contribution in [1.29, 1.82) is 0 Å². The molecule has 20 heavy (non-hydrogen) atoms. The summed E-state index contributed by atoms with van der Waals surface area (Å²) in [6, 6.07) is 8.82. The molecule has 4 nitrogen and oxygen atoms in total. The smallest absolute Gasteiger partial charge is 0.310 e. The van der Waals surface area contributed by atoms with Gasteiger partial charge in [-0.1, -0.05) is 18.2 Å². The number of H-pyrrole nitrogens is 1. The molecule has 0 radical (unpaired) electrons. The number of carbonyl (C=O) groups excluding carboxylic acids is 1. The van der Waals surface area contributed by atoms with Gasteiger partial charge in [0.05, 0.1) is 19.1 Å². The monoisotopic (exact) mass is 270 g/mol. The molecule has 0 amide bonds. The second kappa shape index (κ2) is 4.35. The highest BCUT2D eigenvalue weighted by Crippen LogP contribution is 2.42. The van der Waals surface area contributed by atoms with E-state index in [9.17, 15) is 4.79 Å². The fraction of sp³-hybridized carbons (Fsp3) is 0.438. The molecule has 3 heterocycles. The third kappa shape index (κ3) is 1.61. The van der Waals surface area contributed by atoms with Crippen LogP contribution in [-0.4, -0.2) is 36.1 Å². The number of nitrogens with one attached hydrogen (secondary N) is 1. The van der Waals surface area contributed by atoms with Gasteiger partial charge in [-0.3, -0.25) is 9.69 Å². The van der Waals surface area contributed by atoms with E-state index in [-0.39, 0.29) is 11.9 Å². The number of hydrogen-bond acceptors (Lipinski definition) is 3. The lowest BCUT2D eigenvalue weighted by molar-refractivity contribution is -0.144. The molecule has 2 aliphatic rings. The molecule has 1 aromatic heterocycles. The number of ether oxygens (including phenoxy) is 1. The Morgan fingerprint density at radius 3 is 3.10 bits per heavy atom. The van der Waals surface area contributed by atoms with Crippen molar-refractivity contribution >= 4 is 16.9 Å². The molecule has 4 rings (SSSR count). The van der Waals surface area contributed by atoms with Crippen LogP contribution in [0.15, 0.2) is 24.3 Å². The number of aromatic nitrogens is 1. The molecular weight excluding hydrogens is 252 g/mol. The van der Waals surface area contributed by atoms with Crippen LogP contribution < -0.4 is 0 Å². The number of rotatable bonds is 1. The summed E-state index contributed by atoms with van der Waals surface area (Å²) >= 11 is 0. The van der Waals surface area contributed by atoms with Crippen LogP contribution in [0.25, 0.3) is 10.9 Å². The summed E-state index contributed by atoms with van der Waals surface area (Å²) in [5, 5.41) is 1.34. The van der Waals surface area contributed by atoms with Crippen LogP contribution >= 0.6 is 0 Å². The maximum Gasteiger partial charge on any atom is 0.310 e. The summed E-state index contributed by atoms with van der Waals surface area (Å²) in [7, 11) is 1.48. The van der Waals surface area contributed by atoms with E-state index in [0.29, 0.717) is 6.04 Å². The van der Waals surface area contributed by atoms with Gasteiger partial charge in [-0.25, -0.2) is 0 Å². The molecule has 4 heteroatoms. The topological polar surface area (TPSA) is 45.3 Å². The van der Waals surface area contributed by atoms with Crippen molar-refractivity contribution in [3.8, 4) is 0 Å². The molecule has 0 bridgehead atoms. The quantitative estimate of drug-likeness (QED) is 0.808. The number of nitrogens with zero attached hydrogens (tertiary/aromatic N) is 1. The van der Waals surface area contributed by atoms with E-state index in [1.165, 1.54) is 29.3 Å². The van der Waals surface area contributed by atoms with Crippen LogP contribution in [0, 0.1) is 5.92 Å². The zero-order valence-electron chi connectivity index (χ0n) is 11.6. The van der Waals surface area contributed by atoms with Crippen LogP contribution in [0.4, 0.5) is 0 Å². The number of para-hydroxylation sites is 1. The maximum absolute atomic E-state index is 11.8. The molecule has 104 valence electrons. The number of fused-ring (bicyclic) bond motifs is 5. The number of esters is 1. The normalized spacial score (nSPS) is 25.4. The minimum atomic E-state index is -0.0722. The van der Waals surface area contributed by atoms with Gasteiger partial charge in [0.25, 0.3) is 0 Å². The lowest BCUT2D eigenvalue weighted by Gasteiger charge is -2.29. The first kappa shape index (κ1) is 12.0. The van der Waals surface area contributed by atoms with Crippen molar-refractivity contribution in [2.45, 2.75) is 18.9 Å². The Morgan fingerprint density at radius 2 is 2.25 bits per heavy atom. The van der Waals surface area contributed by atoms with Crippen molar-refractivity contribution in [2.75, 3.05) is 20.2 Å². The van der Waals surface area contributed by atoms with Crippen LogP contribution in [-0.2, 0) is 16.0 Å². The first-order valence-electron chi connectivity index (χ1n) is 7.19. The zero-order chi connectivity index (χ0) is 13.7. The van der Waals surface area contributed by atoms with Gasteiger partial charge >= 0.3 is 5.97 Å². The molecule has 0 spiro atoms. The summed E-state index contributed by atoms with van der Waals surface area (Å²) in [6.45, 7) is 1.86. The Balaban J connectivity index is 1.74. The fourth-order valence-corrected chi connectivity index (χ4v) is 3.82. The number of hydrogen-bond donors (Lipinski definition) is 1. The molecule has 1 saturated heterocycles. The van der Waals surface area contributed by atoms with Crippen molar-refractivity contribution in [3.63, 3.8) is 0 Å². The van der Waals surface area contributed by atoms with Crippen LogP contribution in [0.1, 0.15) is 23.7 Å². The van der Waals surface area contributed by atoms with Gasteiger partial charge < -0.3 is 9.72 Å². The Hall–Kier alpha value is -1.81. The summed E-state index contributed by atoms with van der Waals surface area (Å²) in [5.41, 5.74) is 3.96. The number of carbonyl (C=O) groups is 1. The van der Waals surface area contributed by atoms with E-state index in [1.54, 1.807) is 0 Å². The van der Waals surface area contributed by atoms with Crippen molar-refractivity contribution in [3.05, 3.63) is 35.5 Å². The first-order valence-corrected chi connectivity index (χ1v) is 7.19. The largest absolute Gasteiger partial charge is 0.469 e. The summed E-state index contributed by atoms with van der Waals surface area (Å²) in [6.07, 6.45) is 1.93. The molecule has 1 fully saturated rings. The van der Waals surface area contributed by atoms with Gasteiger partial charge in [-0.2, -0.15) is 0 Å². The van der Waals surface area contributed by atoms with Gasteiger partial charge in [0.1, 0.15) is 0 Å². The van der Waals surface area contributed by atoms with Gasteiger partial charge in [-0.15, -0.1) is 0 Å². The van der Waals surface area contributed by atoms with E-state index in [2.05, 4.69) is 34.1 Å². The van der Waals surface area contributed by atoms with Crippen molar-refractivity contribution in [2.24, 2.45) is 5.92 Å². The van der Waals surface area contributed by atoms with Crippen molar-refractivity contribution in [1.82, 2.24) is 9.88 Å². The number of aromatic amines is 1. The lowest BCUT2D eigenvalue weighted by atomic mass is 9.96. The van der Waals surface area contributed by atoms with Gasteiger partial charge in [0.15, 0.2) is 0 Å². The summed E-state index contributed by atoms with van der Waals surface area (Å²) in [4.78, 5) is 17.8. The Bertz CT molecular complexity index is 676. The van der Waals surface area contributed by atoms with Crippen LogP contribution in [0.5, 0.6) is 0 Å². The highest BCUT2D eigenvalue weighted by Gasteiger charge is 2.41. The van der Waals surface area contributed by atoms with E-state index >= 15 is 0 Å². The maximum atomic E-state index is 11.8. The van der Waals surface area contributed by atoms with E-state index in [0.717, 1.165) is 25.9 Å². The second-order valence-electron chi connectivity index (χ2n) is 5.78. The molecule has 2 aromatic rings. The minimum Gasteiger partial charge on any atom is -0.469 e. The van der Waals surface area contributed by atoms with Gasteiger partial charge in [0.2, 0.25) is 0 Å². The molecule has 2 atom stereocenters. The standard InChI is InChI=1S/C16H18N2O2/c1-20-16(19)10-8-14-15-12(6-7-18(14)9-10)11-4-2-3-5-13(11)17-15/h2-5,10,14,17H,6-9H2,1H3/t10-,14-/m1/s1. The summed E-state index contributed by atoms with van der Waals surface area (Å²) in [5.74, 6) is -0.0561. The highest BCUT2D eigenvalue weighted by atomic mass is 16.5. The molecule has 1 aromatic carbocycles. The van der Waals surface area contributed by atoms with Crippen molar-refractivity contribution < 1.29 is 9.53 Å². The van der Waals surface area contributed by atoms with E-state index in [1.807, 2.05) is 0 Å². The first-order chi connectivity index (χ1) is 9.78. The lowest BCUT2D eigenvalue weighted by Crippen LogP contribution is -2.31. The SMILES string of the molecule is COC(=O)[C@@H]1C[C@@H]2c3[nH]c4ccccc4c3CCN2C1. The molecule has 0 aliphatic carbocycles. The minimum absolute atomic E-state index is 0.0161. The Labute approximate surface area is 117 Å². The molecule has 2 aliphatic heterocycles. The van der Waals surface area contributed by atoms with Gasteiger partial charge in [0, 0.05) is 29.7 Å². The summed E-state index contributed by atoms with van der Waals surface area (Å²) < 4.78 is 4.91. The van der Waals surface area contributed by atoms with E-state index in [4.69, 9.17) is 4.74 Å². The van der Waals surface area contributed by atoms with E-state index < -0.39 is 0 Å². The average molecular weight is 270 g/mol. The Kier molecular flexibility index (Phi) is 2.60. The highest BCUT2D eigenvalue weighted by molar-refractivity contribution is 5.85. The number of benzene rings is 1. The molecule has 0 unspecified atom stereocenters. The van der Waals surface area contributed by atoms with Gasteiger partial charge in [-0.05, 0) is 24.5 Å². The molecule has 1 N–H and O–H groups in total. The second-order valence-corrected chi connectivity index (χ2v) is 5.78. The average Bonchev–Trinajstić information content (AvgIpc) is 3.07. The zero-order valence-corrected chi connectivity index (χ0v) is 11.6. The van der Waals surface area contributed by atoms with Crippen LogP contribution in [0.2, 0.25) is 0 Å².